The van der Waals surface area contributed by atoms with Gasteiger partial charge in [-0.25, -0.2) is 0 Å². The van der Waals surface area contributed by atoms with E-state index in [1.165, 1.54) is 24.9 Å². The van der Waals surface area contributed by atoms with Crippen LogP contribution in [-0.4, -0.2) is 30.6 Å². The van der Waals surface area contributed by atoms with Crippen molar-refractivity contribution in [2.75, 3.05) is 19.6 Å². The van der Waals surface area contributed by atoms with E-state index < -0.39 is 0 Å². The molecule has 1 fully saturated rings. The molecule has 1 N–H and O–H groups in total. The van der Waals surface area contributed by atoms with E-state index in [1.54, 1.807) is 0 Å². The first-order chi connectivity index (χ1) is 9.69. The average Bonchev–Trinajstić information content (AvgIpc) is 2.48. The van der Waals surface area contributed by atoms with Gasteiger partial charge in [-0.15, -0.1) is 0 Å². The molecule has 1 heterocycles. The number of benzene rings is 1. The lowest BCUT2D eigenvalue weighted by Gasteiger charge is -2.32. The molecule has 0 aliphatic carbocycles. The predicted octanol–water partition coefficient (Wildman–Crippen LogP) is 2.77. The first-order valence-corrected chi connectivity index (χ1v) is 7.63. The highest BCUT2D eigenvalue weighted by Crippen LogP contribution is 2.16. The van der Waals surface area contributed by atoms with Gasteiger partial charge in [0.05, 0.1) is 11.6 Å². The quantitative estimate of drug-likeness (QED) is 0.895. The summed E-state index contributed by atoms with van der Waals surface area (Å²) in [5, 5.41) is 12.5. The van der Waals surface area contributed by atoms with E-state index in [0.717, 1.165) is 31.1 Å². The minimum Gasteiger partial charge on any atom is -0.316 e. The van der Waals surface area contributed by atoms with Crippen molar-refractivity contribution in [3.8, 4) is 6.07 Å². The van der Waals surface area contributed by atoms with Crippen LogP contribution in [0.25, 0.3) is 0 Å². The molecule has 108 valence electrons. The summed E-state index contributed by atoms with van der Waals surface area (Å²) in [5.74, 6) is 0.755. The molecule has 0 spiro atoms. The third-order valence-corrected chi connectivity index (χ3v) is 4.06. The first kappa shape index (κ1) is 15.0. The van der Waals surface area contributed by atoms with Crippen LogP contribution in [0.5, 0.6) is 0 Å². The van der Waals surface area contributed by atoms with Gasteiger partial charge in [0.25, 0.3) is 0 Å². The zero-order valence-corrected chi connectivity index (χ0v) is 12.6. The highest BCUT2D eigenvalue weighted by molar-refractivity contribution is 5.32. The molecule has 3 nitrogen and oxygen atoms in total. The fraction of sp³-hybridized carbons (Fsp3) is 0.588. The Morgan fingerprint density at radius 3 is 2.95 bits per heavy atom. The third-order valence-electron chi connectivity index (χ3n) is 4.06. The Balaban J connectivity index is 1.99. The molecule has 1 atom stereocenters. The van der Waals surface area contributed by atoms with E-state index in [4.69, 9.17) is 5.26 Å². The van der Waals surface area contributed by atoms with Crippen molar-refractivity contribution in [1.29, 1.82) is 5.26 Å². The molecule has 0 amide bonds. The van der Waals surface area contributed by atoms with Crippen molar-refractivity contribution in [3.63, 3.8) is 0 Å². The van der Waals surface area contributed by atoms with E-state index >= 15 is 0 Å². The van der Waals surface area contributed by atoms with Gasteiger partial charge in [0.2, 0.25) is 0 Å². The smallest absolute Gasteiger partial charge is 0.0991 e. The third kappa shape index (κ3) is 4.33. The highest BCUT2D eigenvalue weighted by Gasteiger charge is 2.19. The van der Waals surface area contributed by atoms with E-state index in [-0.39, 0.29) is 0 Å². The summed E-state index contributed by atoms with van der Waals surface area (Å²) < 4.78 is 0. The van der Waals surface area contributed by atoms with E-state index in [9.17, 15) is 0 Å². The number of nitrogens with one attached hydrogen (secondary N) is 1. The van der Waals surface area contributed by atoms with Crippen LogP contribution >= 0.6 is 0 Å². The summed E-state index contributed by atoms with van der Waals surface area (Å²) in [5.41, 5.74) is 1.99. The van der Waals surface area contributed by atoms with Crippen LogP contribution in [0.1, 0.15) is 37.8 Å². The maximum atomic E-state index is 8.99. The molecule has 1 aromatic rings. The molecule has 1 saturated heterocycles. The van der Waals surface area contributed by atoms with Crippen molar-refractivity contribution < 1.29 is 0 Å². The van der Waals surface area contributed by atoms with Crippen molar-refractivity contribution >= 4 is 0 Å². The summed E-state index contributed by atoms with van der Waals surface area (Å²) in [7, 11) is 0. The molecule has 1 aliphatic rings. The van der Waals surface area contributed by atoms with E-state index in [2.05, 4.69) is 36.2 Å². The predicted molar refractivity (Wildman–Crippen MR) is 82.3 cm³/mol. The second-order valence-corrected chi connectivity index (χ2v) is 6.05. The van der Waals surface area contributed by atoms with Crippen LogP contribution in [0.15, 0.2) is 24.3 Å². The fourth-order valence-corrected chi connectivity index (χ4v) is 2.84. The number of rotatable bonds is 5. The summed E-state index contributed by atoms with van der Waals surface area (Å²) in [6.45, 7) is 8.89. The lowest BCUT2D eigenvalue weighted by atomic mass is 9.98. The van der Waals surface area contributed by atoms with Gasteiger partial charge in [0.1, 0.15) is 0 Å². The molecule has 1 aliphatic heterocycles. The zero-order chi connectivity index (χ0) is 14.4. The van der Waals surface area contributed by atoms with Crippen LogP contribution in [0, 0.1) is 17.2 Å². The van der Waals surface area contributed by atoms with Crippen LogP contribution in [0.4, 0.5) is 0 Å². The van der Waals surface area contributed by atoms with Gasteiger partial charge in [0.15, 0.2) is 0 Å². The topological polar surface area (TPSA) is 39.1 Å². The van der Waals surface area contributed by atoms with Crippen LogP contribution in [-0.2, 0) is 6.54 Å². The molecular weight excluding hydrogens is 246 g/mol. The van der Waals surface area contributed by atoms with Crippen molar-refractivity contribution in [2.45, 2.75) is 39.3 Å². The Morgan fingerprint density at radius 2 is 2.30 bits per heavy atom. The number of piperidine rings is 1. The molecule has 0 aromatic heterocycles. The number of nitrogens with zero attached hydrogens (tertiary/aromatic N) is 2. The Kier molecular flexibility index (Phi) is 5.58. The number of hydrogen-bond donors (Lipinski definition) is 1. The molecule has 0 radical (unpaired) electrons. The summed E-state index contributed by atoms with van der Waals surface area (Å²) in [4.78, 5) is 2.52. The molecule has 0 saturated carbocycles. The van der Waals surface area contributed by atoms with Gasteiger partial charge in [-0.3, -0.25) is 4.90 Å². The average molecular weight is 271 g/mol. The van der Waals surface area contributed by atoms with Gasteiger partial charge >= 0.3 is 0 Å². The first-order valence-electron chi connectivity index (χ1n) is 7.63. The SMILES string of the molecule is CC(C)N(Cc1cccc(C#N)c1)CC1CCCNC1. The van der Waals surface area contributed by atoms with Gasteiger partial charge in [-0.2, -0.15) is 5.26 Å². The van der Waals surface area contributed by atoms with Crippen molar-refractivity contribution in [2.24, 2.45) is 5.92 Å². The van der Waals surface area contributed by atoms with Crippen molar-refractivity contribution in [1.82, 2.24) is 10.2 Å². The number of nitriles is 1. The molecule has 1 aromatic carbocycles. The van der Waals surface area contributed by atoms with Crippen LogP contribution < -0.4 is 5.32 Å². The summed E-state index contributed by atoms with van der Waals surface area (Å²) >= 11 is 0. The molecule has 1 unspecified atom stereocenters. The van der Waals surface area contributed by atoms with Gasteiger partial charge in [0, 0.05) is 19.1 Å². The standard InChI is InChI=1S/C17H25N3/c1-14(2)20(13-17-7-4-8-19-11-17)12-16-6-3-5-15(9-16)10-18/h3,5-6,9,14,17,19H,4,7-8,11-13H2,1-2H3. The van der Waals surface area contributed by atoms with Gasteiger partial charge in [-0.1, -0.05) is 12.1 Å². The molecule has 0 bridgehead atoms. The Hall–Kier alpha value is -1.37. The second kappa shape index (κ2) is 7.42. The highest BCUT2D eigenvalue weighted by atomic mass is 15.1. The molecule has 2 rings (SSSR count). The normalized spacial score (nSPS) is 19.2. The molecule has 3 heteroatoms. The van der Waals surface area contributed by atoms with Gasteiger partial charge in [-0.05, 0) is 63.4 Å². The van der Waals surface area contributed by atoms with Crippen LogP contribution in [0.2, 0.25) is 0 Å². The second-order valence-electron chi connectivity index (χ2n) is 6.05. The maximum absolute atomic E-state index is 8.99. The molecular formula is C17H25N3. The fourth-order valence-electron chi connectivity index (χ4n) is 2.84. The summed E-state index contributed by atoms with van der Waals surface area (Å²) in [6, 6.07) is 10.7. The van der Waals surface area contributed by atoms with E-state index in [1.807, 2.05) is 18.2 Å². The Morgan fingerprint density at radius 1 is 1.45 bits per heavy atom. The lowest BCUT2D eigenvalue weighted by Crippen LogP contribution is -2.40. The monoisotopic (exact) mass is 271 g/mol. The molecule has 20 heavy (non-hydrogen) atoms. The maximum Gasteiger partial charge on any atom is 0.0991 e. The number of hydrogen-bond acceptors (Lipinski definition) is 3. The Labute approximate surface area is 122 Å². The lowest BCUT2D eigenvalue weighted by molar-refractivity contribution is 0.164. The van der Waals surface area contributed by atoms with Gasteiger partial charge < -0.3 is 5.32 Å². The minimum absolute atomic E-state index is 0.530. The van der Waals surface area contributed by atoms with Crippen molar-refractivity contribution in [3.05, 3.63) is 35.4 Å². The Bertz CT molecular complexity index is 456. The summed E-state index contributed by atoms with van der Waals surface area (Å²) in [6.07, 6.45) is 2.62. The van der Waals surface area contributed by atoms with E-state index in [0.29, 0.717) is 6.04 Å². The van der Waals surface area contributed by atoms with Crippen LogP contribution in [0.3, 0.4) is 0 Å². The largest absolute Gasteiger partial charge is 0.316 e. The minimum atomic E-state index is 0.530. The zero-order valence-electron chi connectivity index (χ0n) is 12.6.